The van der Waals surface area contributed by atoms with Crippen molar-refractivity contribution in [3.8, 4) is 0 Å². The average molecular weight is 358 g/mol. The van der Waals surface area contributed by atoms with Crippen molar-refractivity contribution in [2.75, 3.05) is 14.1 Å². The first-order valence-corrected chi connectivity index (χ1v) is 8.91. The molecule has 0 amide bonds. The largest absolute Gasteiger partial charge is 0.383 e. The maximum Gasteiger partial charge on any atom is 0.140 e. The van der Waals surface area contributed by atoms with E-state index in [1.807, 2.05) is 65.0 Å². The summed E-state index contributed by atoms with van der Waals surface area (Å²) in [7, 11) is 3.92. The van der Waals surface area contributed by atoms with Crippen molar-refractivity contribution in [3.63, 3.8) is 0 Å². The highest BCUT2D eigenvalue weighted by molar-refractivity contribution is 8.06. The van der Waals surface area contributed by atoms with Crippen LogP contribution in [0.15, 0.2) is 52.6 Å². The maximum absolute atomic E-state index is 15.2. The van der Waals surface area contributed by atoms with Crippen molar-refractivity contribution in [2.24, 2.45) is 0 Å². The van der Waals surface area contributed by atoms with Crippen molar-refractivity contribution in [1.82, 2.24) is 4.90 Å². The molecule has 0 unspecified atom stereocenters. The fraction of sp³-hybridized carbons (Fsp3) is 0.273. The molecule has 1 rings (SSSR count). The summed E-state index contributed by atoms with van der Waals surface area (Å²) in [5, 5.41) is 1.95. The Bertz CT molecular complexity index is 857. The van der Waals surface area contributed by atoms with Gasteiger partial charge in [-0.05, 0) is 71.4 Å². The van der Waals surface area contributed by atoms with E-state index in [-0.39, 0.29) is 5.83 Å². The van der Waals surface area contributed by atoms with E-state index < -0.39 is 0 Å². The van der Waals surface area contributed by atoms with Gasteiger partial charge in [0.2, 0.25) is 0 Å². The number of thioether (sulfide) groups is 1. The molecule has 1 aromatic carbocycles. The molecule has 25 heavy (non-hydrogen) atoms. The quantitative estimate of drug-likeness (QED) is 0.649. The summed E-state index contributed by atoms with van der Waals surface area (Å²) >= 11 is 1.34. The van der Waals surface area contributed by atoms with E-state index >= 15 is 4.39 Å². The number of hydrogen-bond donors (Lipinski definition) is 0. The number of aryl methyl sites for hydroxylation is 1. The number of allylic oxidation sites excluding steroid dienone is 5. The minimum Gasteiger partial charge on any atom is -0.383 e. The van der Waals surface area contributed by atoms with E-state index in [1.54, 1.807) is 6.08 Å². The van der Waals surface area contributed by atoms with Gasteiger partial charge in [-0.25, -0.2) is 4.39 Å². The molecule has 0 aromatic heterocycles. The van der Waals surface area contributed by atoms with Gasteiger partial charge in [-0.3, -0.25) is 0 Å². The summed E-state index contributed by atoms with van der Waals surface area (Å²) in [5.74, 6) is -0.239. The monoisotopic (exact) mass is 357 g/mol. The summed E-state index contributed by atoms with van der Waals surface area (Å²) in [6.45, 7) is 19.3. The number of rotatable bonds is 6. The molecule has 1 aromatic rings. The second kappa shape index (κ2) is 8.91. The van der Waals surface area contributed by atoms with E-state index in [4.69, 9.17) is 0 Å². The lowest BCUT2D eigenvalue weighted by atomic mass is 10.0. The molecular weight excluding hydrogens is 329 g/mol. The highest BCUT2D eigenvalue weighted by Crippen LogP contribution is 2.37. The molecule has 134 valence electrons. The lowest BCUT2D eigenvalue weighted by Gasteiger charge is -2.13. The lowest BCUT2D eigenvalue weighted by molar-refractivity contribution is 0.614. The number of hydrogen-bond acceptors (Lipinski definition) is 2. The first-order chi connectivity index (χ1) is 11.6. The topological polar surface area (TPSA) is 3.24 Å². The second-order valence-corrected chi connectivity index (χ2v) is 7.72. The minimum absolute atomic E-state index is 0.239. The Balaban J connectivity index is 3.66. The van der Waals surface area contributed by atoms with Gasteiger partial charge < -0.3 is 4.90 Å². The standard InChI is InChI=1S/C22H28FNS/c1-10-15(4)22(25-14(2)3)21(23)18(7)19-11-16(5)17(6)20(12-19)13-24(8)9/h10-13H,1-2,6H2,3-5,7-9H3/b20-13-,21-18-,22-15+. The van der Waals surface area contributed by atoms with Gasteiger partial charge in [0.05, 0.1) is 4.91 Å². The van der Waals surface area contributed by atoms with Crippen LogP contribution in [0.3, 0.4) is 0 Å². The highest BCUT2D eigenvalue weighted by Gasteiger charge is 2.14. The second-order valence-electron chi connectivity index (χ2n) is 6.41. The Morgan fingerprint density at radius 1 is 1.20 bits per heavy atom. The zero-order valence-corrected chi connectivity index (χ0v) is 17.0. The van der Waals surface area contributed by atoms with Gasteiger partial charge in [0.25, 0.3) is 0 Å². The van der Waals surface area contributed by atoms with E-state index in [0.29, 0.717) is 10.5 Å². The fourth-order valence-corrected chi connectivity index (χ4v) is 3.15. The molecule has 0 fully saturated rings. The Morgan fingerprint density at radius 2 is 1.80 bits per heavy atom. The zero-order valence-electron chi connectivity index (χ0n) is 16.2. The molecule has 0 heterocycles. The number of benzene rings is 1. The van der Waals surface area contributed by atoms with Gasteiger partial charge in [0, 0.05) is 20.3 Å². The zero-order chi connectivity index (χ0) is 19.3. The summed E-state index contributed by atoms with van der Waals surface area (Å²) < 4.78 is 15.2. The maximum atomic E-state index is 15.2. The molecule has 0 N–H and O–H groups in total. The van der Waals surface area contributed by atoms with Crippen LogP contribution in [0.25, 0.3) is 18.4 Å². The van der Waals surface area contributed by atoms with Crippen LogP contribution in [0, 0.1) is 6.92 Å². The smallest absolute Gasteiger partial charge is 0.140 e. The molecule has 0 saturated carbocycles. The van der Waals surface area contributed by atoms with Crippen LogP contribution in [0.4, 0.5) is 4.39 Å². The first kappa shape index (κ1) is 21.0. The Labute approximate surface area is 155 Å². The number of halogens is 1. The summed E-state index contributed by atoms with van der Waals surface area (Å²) in [5.41, 5.74) is 3.29. The number of nitrogens with zero attached hydrogens (tertiary/aromatic N) is 1. The van der Waals surface area contributed by atoms with E-state index in [2.05, 4.69) is 19.7 Å². The third-order valence-electron chi connectivity index (χ3n) is 3.81. The van der Waals surface area contributed by atoms with Crippen LogP contribution in [-0.4, -0.2) is 19.0 Å². The molecule has 0 saturated heterocycles. The molecule has 0 radical (unpaired) electrons. The van der Waals surface area contributed by atoms with Crippen LogP contribution in [0.1, 0.15) is 31.9 Å². The van der Waals surface area contributed by atoms with Gasteiger partial charge in [-0.15, -0.1) is 0 Å². The summed E-state index contributed by atoms with van der Waals surface area (Å²) in [6, 6.07) is 3.97. The van der Waals surface area contributed by atoms with Crippen LogP contribution < -0.4 is 10.4 Å². The lowest BCUT2D eigenvalue weighted by Crippen LogP contribution is -2.29. The molecule has 3 heteroatoms. The molecule has 0 bridgehead atoms. The van der Waals surface area contributed by atoms with Gasteiger partial charge in [0.15, 0.2) is 0 Å². The van der Waals surface area contributed by atoms with Crippen molar-refractivity contribution in [1.29, 1.82) is 0 Å². The Kier molecular flexibility index (Phi) is 7.50. The van der Waals surface area contributed by atoms with Gasteiger partial charge in [-0.2, -0.15) is 0 Å². The highest BCUT2D eigenvalue weighted by atomic mass is 32.2. The third-order valence-corrected chi connectivity index (χ3v) is 4.86. The molecule has 0 aliphatic carbocycles. The fourth-order valence-electron chi connectivity index (χ4n) is 2.32. The molecule has 1 nitrogen and oxygen atoms in total. The molecule has 0 atom stereocenters. The van der Waals surface area contributed by atoms with E-state index in [9.17, 15) is 0 Å². The van der Waals surface area contributed by atoms with Gasteiger partial charge in [0.1, 0.15) is 5.83 Å². The van der Waals surface area contributed by atoms with Crippen LogP contribution in [0.2, 0.25) is 0 Å². The van der Waals surface area contributed by atoms with Crippen LogP contribution >= 0.6 is 11.8 Å². The van der Waals surface area contributed by atoms with Gasteiger partial charge >= 0.3 is 0 Å². The van der Waals surface area contributed by atoms with Crippen molar-refractivity contribution >= 4 is 30.1 Å². The first-order valence-electron chi connectivity index (χ1n) is 8.10. The normalized spacial score (nSPS) is 14.0. The minimum atomic E-state index is -0.239. The van der Waals surface area contributed by atoms with Crippen molar-refractivity contribution in [3.05, 3.63) is 74.1 Å². The molecule has 0 aliphatic heterocycles. The summed E-state index contributed by atoms with van der Waals surface area (Å²) in [4.78, 5) is 3.37. The predicted octanol–water partition coefficient (Wildman–Crippen LogP) is 5.13. The molecule has 0 aliphatic rings. The third kappa shape index (κ3) is 5.50. The summed E-state index contributed by atoms with van der Waals surface area (Å²) in [6.07, 6.45) is 3.67. The van der Waals surface area contributed by atoms with Crippen molar-refractivity contribution < 1.29 is 4.39 Å². The van der Waals surface area contributed by atoms with Crippen molar-refractivity contribution in [2.45, 2.75) is 27.7 Å². The molecular formula is C22H28FNS. The van der Waals surface area contributed by atoms with Crippen LogP contribution in [0.5, 0.6) is 0 Å². The van der Waals surface area contributed by atoms with E-state index in [1.165, 1.54) is 11.8 Å². The predicted molar refractivity (Wildman–Crippen MR) is 113 cm³/mol. The molecule has 0 spiro atoms. The SMILES string of the molecule is C=C/C(C)=C(SC(=C)C)\C(F)=C(/C)c1cc(C)c(=C)/c(=C\N(C)C)c1. The van der Waals surface area contributed by atoms with Crippen LogP contribution in [-0.2, 0) is 0 Å². The Morgan fingerprint density at radius 3 is 2.28 bits per heavy atom. The van der Waals surface area contributed by atoms with Gasteiger partial charge in [-0.1, -0.05) is 43.6 Å². The Hall–Kier alpha value is -2.00. The average Bonchev–Trinajstić information content (AvgIpc) is 2.53. The van der Waals surface area contributed by atoms with E-state index in [0.717, 1.165) is 32.0 Å².